The highest BCUT2D eigenvalue weighted by Gasteiger charge is 2.38. The van der Waals surface area contributed by atoms with Crippen LogP contribution in [0.1, 0.15) is 37.7 Å². The van der Waals surface area contributed by atoms with Crippen molar-refractivity contribution in [2.45, 2.75) is 38.5 Å². The molecule has 1 aliphatic carbocycles. The van der Waals surface area contributed by atoms with E-state index in [4.69, 9.17) is 23.2 Å². The molecular weight excluding hydrogens is 271 g/mol. The van der Waals surface area contributed by atoms with Gasteiger partial charge in [0.05, 0.1) is 0 Å². The first kappa shape index (κ1) is 13.7. The highest BCUT2D eigenvalue weighted by atomic mass is 35.5. The van der Waals surface area contributed by atoms with E-state index < -0.39 is 0 Å². The van der Waals surface area contributed by atoms with E-state index in [2.05, 4.69) is 16.8 Å². The van der Waals surface area contributed by atoms with Crippen LogP contribution >= 0.6 is 34.5 Å². The smallest absolute Gasteiger partial charge is 0.0294 e. The Morgan fingerprint density at radius 2 is 1.94 bits per heavy atom. The number of halogens is 2. The predicted octanol–water partition coefficient (Wildman–Crippen LogP) is 5.33. The number of alkyl halides is 2. The second-order valence-electron chi connectivity index (χ2n) is 5.24. The third kappa shape index (κ3) is 3.19. The van der Waals surface area contributed by atoms with Gasteiger partial charge in [0, 0.05) is 17.2 Å². The lowest BCUT2D eigenvalue weighted by Crippen LogP contribution is -2.33. The summed E-state index contributed by atoms with van der Waals surface area (Å²) in [5.74, 6) is 2.17. The third-order valence-corrected chi connectivity index (χ3v) is 6.04. The lowest BCUT2D eigenvalue weighted by molar-refractivity contribution is 0.209. The average molecular weight is 291 g/mol. The Bertz CT molecular complexity index is 311. The molecule has 17 heavy (non-hydrogen) atoms. The quantitative estimate of drug-likeness (QED) is 0.621. The highest BCUT2D eigenvalue weighted by molar-refractivity contribution is 7.07. The second kappa shape index (κ2) is 6.45. The number of hydrogen-bond donors (Lipinski definition) is 0. The van der Waals surface area contributed by atoms with Crippen molar-refractivity contribution in [1.29, 1.82) is 0 Å². The van der Waals surface area contributed by atoms with Crippen molar-refractivity contribution in [2.75, 3.05) is 11.8 Å². The fourth-order valence-electron chi connectivity index (χ4n) is 2.96. The van der Waals surface area contributed by atoms with Crippen LogP contribution in [-0.4, -0.2) is 11.8 Å². The molecular formula is C14H20Cl2S. The average Bonchev–Trinajstić information content (AvgIpc) is 3.04. The Labute approximate surface area is 118 Å². The summed E-state index contributed by atoms with van der Waals surface area (Å²) >= 11 is 14.3. The summed E-state index contributed by atoms with van der Waals surface area (Å²) in [5, 5.41) is 4.38. The molecule has 1 aromatic heterocycles. The molecule has 1 fully saturated rings. The summed E-state index contributed by atoms with van der Waals surface area (Å²) in [6, 6.07) is 2.21. The SMILES string of the molecule is ClCC(CCl)(CCc1ccsc1)C1CCCC1. The van der Waals surface area contributed by atoms with Crippen molar-refractivity contribution in [3.63, 3.8) is 0 Å². The minimum Gasteiger partial charge on any atom is -0.152 e. The molecule has 0 aromatic carbocycles. The summed E-state index contributed by atoms with van der Waals surface area (Å²) < 4.78 is 0. The zero-order valence-corrected chi connectivity index (χ0v) is 12.5. The maximum atomic E-state index is 6.26. The minimum atomic E-state index is 0.168. The topological polar surface area (TPSA) is 0 Å². The fourth-order valence-corrected chi connectivity index (χ4v) is 4.65. The maximum absolute atomic E-state index is 6.26. The normalized spacial score (nSPS) is 17.8. The summed E-state index contributed by atoms with van der Waals surface area (Å²) in [7, 11) is 0. The van der Waals surface area contributed by atoms with Gasteiger partial charge in [-0.3, -0.25) is 0 Å². The summed E-state index contributed by atoms with van der Waals surface area (Å²) in [5.41, 5.74) is 1.61. The van der Waals surface area contributed by atoms with Gasteiger partial charge in [-0.2, -0.15) is 11.3 Å². The van der Waals surface area contributed by atoms with Gasteiger partial charge in [-0.1, -0.05) is 12.8 Å². The lowest BCUT2D eigenvalue weighted by atomic mass is 9.73. The van der Waals surface area contributed by atoms with Gasteiger partial charge in [0.1, 0.15) is 0 Å². The van der Waals surface area contributed by atoms with E-state index in [-0.39, 0.29) is 5.41 Å². The van der Waals surface area contributed by atoms with Crippen molar-refractivity contribution in [3.05, 3.63) is 22.4 Å². The van der Waals surface area contributed by atoms with Gasteiger partial charge in [-0.05, 0) is 54.0 Å². The van der Waals surface area contributed by atoms with E-state index in [0.717, 1.165) is 18.8 Å². The van der Waals surface area contributed by atoms with Gasteiger partial charge in [0.25, 0.3) is 0 Å². The van der Waals surface area contributed by atoms with Gasteiger partial charge < -0.3 is 0 Å². The Morgan fingerprint density at radius 3 is 2.47 bits per heavy atom. The van der Waals surface area contributed by atoms with Crippen LogP contribution in [0.2, 0.25) is 0 Å². The van der Waals surface area contributed by atoms with E-state index in [1.54, 1.807) is 11.3 Å². The molecule has 1 saturated carbocycles. The van der Waals surface area contributed by atoms with Crippen molar-refractivity contribution in [3.8, 4) is 0 Å². The molecule has 0 saturated heterocycles. The molecule has 0 atom stereocenters. The van der Waals surface area contributed by atoms with Gasteiger partial charge >= 0.3 is 0 Å². The van der Waals surface area contributed by atoms with Crippen LogP contribution in [0.25, 0.3) is 0 Å². The highest BCUT2D eigenvalue weighted by Crippen LogP contribution is 2.44. The van der Waals surface area contributed by atoms with Gasteiger partial charge in [0.15, 0.2) is 0 Å². The van der Waals surface area contributed by atoms with E-state index in [1.807, 2.05) is 0 Å². The first-order valence-corrected chi connectivity index (χ1v) is 8.45. The Balaban J connectivity index is 2.00. The van der Waals surface area contributed by atoms with Crippen LogP contribution < -0.4 is 0 Å². The number of rotatable bonds is 6. The number of aryl methyl sites for hydroxylation is 1. The van der Waals surface area contributed by atoms with E-state index in [1.165, 1.54) is 31.2 Å². The monoisotopic (exact) mass is 290 g/mol. The molecule has 0 aliphatic heterocycles. The first-order valence-electron chi connectivity index (χ1n) is 6.44. The first-order chi connectivity index (χ1) is 8.30. The number of hydrogen-bond acceptors (Lipinski definition) is 1. The maximum Gasteiger partial charge on any atom is 0.0294 e. The minimum absolute atomic E-state index is 0.168. The van der Waals surface area contributed by atoms with Crippen molar-refractivity contribution in [2.24, 2.45) is 11.3 Å². The molecule has 1 aromatic rings. The molecule has 1 aliphatic rings. The Morgan fingerprint density at radius 1 is 1.24 bits per heavy atom. The van der Waals surface area contributed by atoms with Crippen LogP contribution in [0.3, 0.4) is 0 Å². The largest absolute Gasteiger partial charge is 0.152 e. The molecule has 0 amide bonds. The van der Waals surface area contributed by atoms with Crippen LogP contribution in [-0.2, 0) is 6.42 Å². The lowest BCUT2D eigenvalue weighted by Gasteiger charge is -2.36. The Kier molecular flexibility index (Phi) is 5.20. The molecule has 0 unspecified atom stereocenters. The van der Waals surface area contributed by atoms with E-state index in [9.17, 15) is 0 Å². The molecule has 0 bridgehead atoms. The van der Waals surface area contributed by atoms with Crippen molar-refractivity contribution >= 4 is 34.5 Å². The molecule has 3 heteroatoms. The second-order valence-corrected chi connectivity index (χ2v) is 6.56. The molecule has 1 heterocycles. The van der Waals surface area contributed by atoms with Gasteiger partial charge in [-0.15, -0.1) is 23.2 Å². The van der Waals surface area contributed by atoms with Crippen LogP contribution in [0, 0.1) is 11.3 Å². The van der Waals surface area contributed by atoms with E-state index >= 15 is 0 Å². The zero-order chi connectivity index (χ0) is 12.1. The third-order valence-electron chi connectivity index (χ3n) is 4.25. The molecule has 96 valence electrons. The molecule has 0 N–H and O–H groups in total. The van der Waals surface area contributed by atoms with Crippen molar-refractivity contribution < 1.29 is 0 Å². The Hall–Kier alpha value is 0.280. The van der Waals surface area contributed by atoms with Gasteiger partial charge in [-0.25, -0.2) is 0 Å². The summed E-state index contributed by atoms with van der Waals surface area (Å²) in [6.45, 7) is 0. The van der Waals surface area contributed by atoms with E-state index in [0.29, 0.717) is 11.8 Å². The fraction of sp³-hybridized carbons (Fsp3) is 0.714. The van der Waals surface area contributed by atoms with Crippen LogP contribution in [0.5, 0.6) is 0 Å². The zero-order valence-electron chi connectivity index (χ0n) is 10.1. The summed E-state index contributed by atoms with van der Waals surface area (Å²) in [6.07, 6.45) is 7.63. The van der Waals surface area contributed by atoms with Gasteiger partial charge in [0.2, 0.25) is 0 Å². The number of thiophene rings is 1. The molecule has 0 spiro atoms. The van der Waals surface area contributed by atoms with Crippen LogP contribution in [0.15, 0.2) is 16.8 Å². The molecule has 0 radical (unpaired) electrons. The van der Waals surface area contributed by atoms with Crippen LogP contribution in [0.4, 0.5) is 0 Å². The molecule has 0 nitrogen and oxygen atoms in total. The molecule has 2 rings (SSSR count). The standard InChI is InChI=1S/C14H20Cl2S/c15-10-14(11-16,13-3-1-2-4-13)7-5-12-6-8-17-9-12/h6,8-9,13H,1-5,7,10-11H2. The van der Waals surface area contributed by atoms with Crippen molar-refractivity contribution in [1.82, 2.24) is 0 Å². The predicted molar refractivity (Wildman–Crippen MR) is 78.5 cm³/mol. The summed E-state index contributed by atoms with van der Waals surface area (Å²) in [4.78, 5) is 0.